The van der Waals surface area contributed by atoms with Gasteiger partial charge in [-0.2, -0.15) is 0 Å². The van der Waals surface area contributed by atoms with E-state index in [1.165, 1.54) is 44.9 Å². The maximum absolute atomic E-state index is 4.92. The summed E-state index contributed by atoms with van der Waals surface area (Å²) in [6, 6.07) is 0. The third kappa shape index (κ3) is 6.13. The molecule has 0 N–H and O–H groups in total. The monoisotopic (exact) mass is 300 g/mol. The van der Waals surface area contributed by atoms with Crippen LogP contribution >= 0.6 is 0 Å². The van der Waals surface area contributed by atoms with Crippen LogP contribution in [0.1, 0.15) is 72.6 Å². The standard InChI is InChI=1S/C20H32N2/c1-6-17(7-2)19(8-3)22-20(21-16(4)5)18-14-12-10-9-11-13-15-18/h6-8,18H,1,9-15H2,2-5H3/b17-7+,19-8+,22-20-. The van der Waals surface area contributed by atoms with Gasteiger partial charge in [-0.15, -0.1) is 0 Å². The molecular weight excluding hydrogens is 268 g/mol. The molecule has 1 fully saturated rings. The summed E-state index contributed by atoms with van der Waals surface area (Å²) in [4.78, 5) is 9.70. The lowest BCUT2D eigenvalue weighted by Crippen LogP contribution is -2.16. The normalized spacial score (nSPS) is 19.4. The summed E-state index contributed by atoms with van der Waals surface area (Å²) < 4.78 is 0. The van der Waals surface area contributed by atoms with E-state index in [2.05, 4.69) is 32.6 Å². The number of aliphatic imine (C=N–C) groups is 2. The van der Waals surface area contributed by atoms with E-state index in [0.717, 1.165) is 22.8 Å². The van der Waals surface area contributed by atoms with Crippen LogP contribution < -0.4 is 0 Å². The van der Waals surface area contributed by atoms with Crippen molar-refractivity contribution in [2.24, 2.45) is 15.9 Å². The van der Waals surface area contributed by atoms with E-state index >= 15 is 0 Å². The molecule has 1 rings (SSSR count). The lowest BCUT2D eigenvalue weighted by Gasteiger charge is -2.20. The maximum Gasteiger partial charge on any atom is 0.131 e. The molecule has 0 amide bonds. The molecule has 1 aliphatic carbocycles. The molecule has 0 aromatic carbocycles. The van der Waals surface area contributed by atoms with Gasteiger partial charge in [-0.1, -0.05) is 56.9 Å². The second-order valence-electron chi connectivity index (χ2n) is 6.19. The highest BCUT2D eigenvalue weighted by Crippen LogP contribution is 2.26. The van der Waals surface area contributed by atoms with Gasteiger partial charge in [0.15, 0.2) is 0 Å². The smallest absolute Gasteiger partial charge is 0.131 e. The molecule has 122 valence electrons. The molecular formula is C20H32N2. The Kier molecular flexibility index (Phi) is 8.72. The van der Waals surface area contributed by atoms with E-state index in [9.17, 15) is 0 Å². The molecule has 1 saturated carbocycles. The number of allylic oxidation sites excluding steroid dienone is 3. The van der Waals surface area contributed by atoms with Crippen molar-refractivity contribution in [2.45, 2.75) is 72.6 Å². The van der Waals surface area contributed by atoms with Crippen LogP contribution in [0.3, 0.4) is 0 Å². The zero-order valence-electron chi connectivity index (χ0n) is 14.9. The van der Waals surface area contributed by atoms with Crippen LogP contribution in [0.2, 0.25) is 0 Å². The van der Waals surface area contributed by atoms with Gasteiger partial charge in [0, 0.05) is 11.6 Å². The summed E-state index contributed by atoms with van der Waals surface area (Å²) in [6.07, 6.45) is 15.1. The van der Waals surface area contributed by atoms with Crippen LogP contribution in [0.5, 0.6) is 0 Å². The fourth-order valence-electron chi connectivity index (χ4n) is 2.94. The van der Waals surface area contributed by atoms with Crippen LogP contribution in [0.25, 0.3) is 0 Å². The van der Waals surface area contributed by atoms with Gasteiger partial charge in [0.25, 0.3) is 0 Å². The van der Waals surface area contributed by atoms with Gasteiger partial charge in [-0.25, -0.2) is 9.98 Å². The Morgan fingerprint density at radius 3 is 1.95 bits per heavy atom. The SMILES string of the molecule is C=CC(=C\C)/C(=C\C)/N=C(\N=C(C)C)C1CCCCCCC1. The Morgan fingerprint density at radius 1 is 0.909 bits per heavy atom. The Labute approximate surface area is 136 Å². The maximum atomic E-state index is 4.92. The third-order valence-corrected chi connectivity index (χ3v) is 4.14. The van der Waals surface area contributed by atoms with Crippen molar-refractivity contribution in [3.8, 4) is 0 Å². The molecule has 0 saturated heterocycles. The molecule has 0 spiro atoms. The van der Waals surface area contributed by atoms with Crippen molar-refractivity contribution >= 4 is 11.5 Å². The quantitative estimate of drug-likeness (QED) is 0.332. The first-order chi connectivity index (χ1) is 10.6. The average molecular weight is 300 g/mol. The predicted molar refractivity (Wildman–Crippen MR) is 99.7 cm³/mol. The Morgan fingerprint density at radius 2 is 1.50 bits per heavy atom. The van der Waals surface area contributed by atoms with Crippen molar-refractivity contribution < 1.29 is 0 Å². The van der Waals surface area contributed by atoms with Gasteiger partial charge in [0.05, 0.1) is 5.70 Å². The Bertz CT molecular complexity index is 466. The lowest BCUT2D eigenvalue weighted by molar-refractivity contribution is 0.450. The number of hydrogen-bond acceptors (Lipinski definition) is 1. The molecule has 0 aromatic heterocycles. The van der Waals surface area contributed by atoms with E-state index in [-0.39, 0.29) is 0 Å². The van der Waals surface area contributed by atoms with Crippen molar-refractivity contribution in [1.82, 2.24) is 0 Å². The van der Waals surface area contributed by atoms with Crippen LogP contribution in [0.4, 0.5) is 0 Å². The Hall–Kier alpha value is -1.44. The second-order valence-corrected chi connectivity index (χ2v) is 6.19. The average Bonchev–Trinajstić information content (AvgIpc) is 2.45. The van der Waals surface area contributed by atoms with Gasteiger partial charge < -0.3 is 0 Å². The lowest BCUT2D eigenvalue weighted by atomic mass is 9.90. The minimum Gasteiger partial charge on any atom is -0.243 e. The van der Waals surface area contributed by atoms with Crippen LogP contribution in [0, 0.1) is 5.92 Å². The third-order valence-electron chi connectivity index (χ3n) is 4.14. The first-order valence-corrected chi connectivity index (χ1v) is 8.68. The highest BCUT2D eigenvalue weighted by Gasteiger charge is 2.18. The molecule has 2 heteroatoms. The number of amidine groups is 1. The largest absolute Gasteiger partial charge is 0.243 e. The molecule has 0 bridgehead atoms. The molecule has 0 heterocycles. The number of rotatable bonds is 4. The van der Waals surface area contributed by atoms with E-state index < -0.39 is 0 Å². The highest BCUT2D eigenvalue weighted by atomic mass is 14.9. The van der Waals surface area contributed by atoms with Crippen LogP contribution in [-0.4, -0.2) is 11.5 Å². The fraction of sp³-hybridized carbons (Fsp3) is 0.600. The molecule has 0 atom stereocenters. The van der Waals surface area contributed by atoms with E-state index in [1.54, 1.807) is 0 Å². The zero-order valence-corrected chi connectivity index (χ0v) is 14.9. The predicted octanol–water partition coefficient (Wildman–Crippen LogP) is 6.26. The summed E-state index contributed by atoms with van der Waals surface area (Å²) in [6.45, 7) is 12.1. The highest BCUT2D eigenvalue weighted by molar-refractivity contribution is 5.97. The van der Waals surface area contributed by atoms with Gasteiger partial charge in [-0.05, 0) is 46.1 Å². The molecule has 0 aromatic rings. The number of nitrogens with zero attached hydrogens (tertiary/aromatic N) is 2. The van der Waals surface area contributed by atoms with Gasteiger partial charge in [0.2, 0.25) is 0 Å². The van der Waals surface area contributed by atoms with Crippen molar-refractivity contribution in [3.63, 3.8) is 0 Å². The Balaban J connectivity index is 3.12. The molecule has 0 radical (unpaired) electrons. The fourth-order valence-corrected chi connectivity index (χ4v) is 2.94. The topological polar surface area (TPSA) is 24.7 Å². The zero-order chi connectivity index (χ0) is 16.4. The molecule has 2 nitrogen and oxygen atoms in total. The summed E-state index contributed by atoms with van der Waals surface area (Å²) >= 11 is 0. The van der Waals surface area contributed by atoms with Gasteiger partial charge in [0.1, 0.15) is 5.84 Å². The summed E-state index contributed by atoms with van der Waals surface area (Å²) in [5.41, 5.74) is 3.14. The van der Waals surface area contributed by atoms with Crippen molar-refractivity contribution in [1.29, 1.82) is 0 Å². The van der Waals surface area contributed by atoms with Gasteiger partial charge in [-0.3, -0.25) is 0 Å². The van der Waals surface area contributed by atoms with Gasteiger partial charge >= 0.3 is 0 Å². The van der Waals surface area contributed by atoms with Crippen molar-refractivity contribution in [2.75, 3.05) is 0 Å². The van der Waals surface area contributed by atoms with Crippen molar-refractivity contribution in [3.05, 3.63) is 36.1 Å². The first kappa shape index (κ1) is 18.6. The summed E-state index contributed by atoms with van der Waals surface area (Å²) in [5.74, 6) is 1.50. The second kappa shape index (κ2) is 10.3. The summed E-state index contributed by atoms with van der Waals surface area (Å²) in [5, 5.41) is 0. The van der Waals surface area contributed by atoms with E-state index in [4.69, 9.17) is 9.98 Å². The molecule has 1 aliphatic rings. The minimum atomic E-state index is 0.494. The van der Waals surface area contributed by atoms with Crippen LogP contribution in [0.15, 0.2) is 46.1 Å². The molecule has 0 aliphatic heterocycles. The first-order valence-electron chi connectivity index (χ1n) is 8.68. The molecule has 22 heavy (non-hydrogen) atoms. The van der Waals surface area contributed by atoms with E-state index in [0.29, 0.717) is 5.92 Å². The van der Waals surface area contributed by atoms with Crippen LogP contribution in [-0.2, 0) is 0 Å². The number of hydrogen-bond donors (Lipinski definition) is 0. The summed E-state index contributed by atoms with van der Waals surface area (Å²) in [7, 11) is 0. The minimum absolute atomic E-state index is 0.494. The van der Waals surface area contributed by atoms with E-state index in [1.807, 2.05) is 19.9 Å². The molecule has 0 unspecified atom stereocenters.